The highest BCUT2D eigenvalue weighted by Crippen LogP contribution is 2.57. The van der Waals surface area contributed by atoms with E-state index in [4.69, 9.17) is 28.4 Å². The molecule has 3 aliphatic rings. The predicted molar refractivity (Wildman–Crippen MR) is 116 cm³/mol. The van der Waals surface area contributed by atoms with Crippen molar-refractivity contribution in [3.05, 3.63) is 53.6 Å². The van der Waals surface area contributed by atoms with Gasteiger partial charge in [-0.2, -0.15) is 0 Å². The fourth-order valence-corrected chi connectivity index (χ4v) is 5.47. The predicted octanol–water partition coefficient (Wildman–Crippen LogP) is 4.04. The van der Waals surface area contributed by atoms with Gasteiger partial charge in [0.05, 0.1) is 33.9 Å². The minimum atomic E-state index is -0.273. The summed E-state index contributed by atoms with van der Waals surface area (Å²) in [6.07, 6.45) is 2.53. The molecule has 32 heavy (non-hydrogen) atoms. The second-order valence-corrected chi connectivity index (χ2v) is 8.22. The molecule has 0 aromatic heterocycles. The van der Waals surface area contributed by atoms with Gasteiger partial charge in [0.2, 0.25) is 12.5 Å². The molecule has 1 saturated heterocycles. The highest BCUT2D eigenvalue weighted by atomic mass is 16.7. The van der Waals surface area contributed by atoms with Crippen molar-refractivity contribution in [3.8, 4) is 28.7 Å². The van der Waals surface area contributed by atoms with Crippen LogP contribution in [0.1, 0.15) is 34.9 Å². The minimum absolute atomic E-state index is 0.0321. The molecule has 2 aromatic rings. The van der Waals surface area contributed by atoms with Crippen LogP contribution in [-0.4, -0.2) is 40.7 Å². The number of carbonyl (C=O) groups excluding carboxylic acids is 1. The van der Waals surface area contributed by atoms with Gasteiger partial charge in [-0.05, 0) is 47.4 Å². The zero-order chi connectivity index (χ0) is 22.4. The molecule has 168 valence electrons. The summed E-state index contributed by atoms with van der Waals surface area (Å²) in [6.45, 7) is 4.47. The number of esters is 1. The fraction of sp³-hybridized carbons (Fsp3) is 0.400. The molecular weight excluding hydrogens is 412 g/mol. The summed E-state index contributed by atoms with van der Waals surface area (Å²) in [7, 11) is 4.77. The standard InChI is InChI=1S/C25H26O7/c1-5-6-14-15-9-18-19(32-12-31-18)10-16(15)22(17-11-30-25(26)23(14)17)13-7-20(27-2)24(29-4)21(8-13)28-3/h5,7-10,14,17,22-23H,1,6,11-12H2,2-4H3. The molecule has 4 atom stereocenters. The summed E-state index contributed by atoms with van der Waals surface area (Å²) in [6, 6.07) is 7.96. The Hall–Kier alpha value is -3.35. The topological polar surface area (TPSA) is 72.5 Å². The van der Waals surface area contributed by atoms with Crippen LogP contribution in [0.4, 0.5) is 0 Å². The largest absolute Gasteiger partial charge is 0.493 e. The third kappa shape index (κ3) is 2.98. The summed E-state index contributed by atoms with van der Waals surface area (Å²) in [5, 5.41) is 0. The van der Waals surface area contributed by atoms with Gasteiger partial charge in [0.1, 0.15) is 0 Å². The molecule has 0 spiro atoms. The number of benzene rings is 2. The quantitative estimate of drug-likeness (QED) is 0.498. The van der Waals surface area contributed by atoms with E-state index in [0.29, 0.717) is 41.8 Å². The van der Waals surface area contributed by atoms with Gasteiger partial charge in [-0.3, -0.25) is 4.79 Å². The van der Waals surface area contributed by atoms with Crippen LogP contribution in [0.5, 0.6) is 28.7 Å². The third-order valence-corrected chi connectivity index (χ3v) is 6.79. The Bertz CT molecular complexity index is 1050. The molecule has 0 bridgehead atoms. The molecule has 1 aliphatic carbocycles. The van der Waals surface area contributed by atoms with E-state index in [9.17, 15) is 4.79 Å². The van der Waals surface area contributed by atoms with E-state index in [0.717, 1.165) is 16.7 Å². The van der Waals surface area contributed by atoms with E-state index in [2.05, 4.69) is 6.58 Å². The number of fused-ring (bicyclic) bond motifs is 3. The van der Waals surface area contributed by atoms with Crippen LogP contribution in [-0.2, 0) is 9.53 Å². The number of carbonyl (C=O) groups is 1. The van der Waals surface area contributed by atoms with Gasteiger partial charge in [0, 0.05) is 17.8 Å². The molecule has 1 fully saturated rings. The van der Waals surface area contributed by atoms with Crippen molar-refractivity contribution in [2.45, 2.75) is 18.3 Å². The van der Waals surface area contributed by atoms with Crippen molar-refractivity contribution in [2.24, 2.45) is 11.8 Å². The van der Waals surface area contributed by atoms with E-state index in [1.54, 1.807) is 21.3 Å². The normalized spacial score (nSPS) is 24.9. The van der Waals surface area contributed by atoms with E-state index < -0.39 is 0 Å². The lowest BCUT2D eigenvalue weighted by Gasteiger charge is -2.39. The van der Waals surface area contributed by atoms with Crippen molar-refractivity contribution < 1.29 is 33.2 Å². The van der Waals surface area contributed by atoms with Crippen molar-refractivity contribution in [1.82, 2.24) is 0 Å². The van der Waals surface area contributed by atoms with Gasteiger partial charge < -0.3 is 28.4 Å². The third-order valence-electron chi connectivity index (χ3n) is 6.79. The Morgan fingerprint density at radius 3 is 2.22 bits per heavy atom. The first-order valence-electron chi connectivity index (χ1n) is 10.6. The number of hydrogen-bond donors (Lipinski definition) is 0. The highest BCUT2D eigenvalue weighted by molar-refractivity contribution is 5.78. The maximum Gasteiger partial charge on any atom is 0.310 e. The summed E-state index contributed by atoms with van der Waals surface area (Å²) >= 11 is 0. The SMILES string of the molecule is C=CCC1c2cc3c(cc2C(c2cc(OC)c(OC)c(OC)c2)C2COC(=O)C12)OCO3. The van der Waals surface area contributed by atoms with Crippen LogP contribution in [0.25, 0.3) is 0 Å². The molecule has 0 saturated carbocycles. The maximum atomic E-state index is 12.9. The first-order chi connectivity index (χ1) is 15.6. The number of hydrogen-bond acceptors (Lipinski definition) is 7. The molecule has 7 nitrogen and oxygen atoms in total. The van der Waals surface area contributed by atoms with Crippen molar-refractivity contribution >= 4 is 5.97 Å². The lowest BCUT2D eigenvalue weighted by Crippen LogP contribution is -2.34. The van der Waals surface area contributed by atoms with E-state index in [1.165, 1.54) is 0 Å². The van der Waals surface area contributed by atoms with E-state index in [-0.39, 0.29) is 36.4 Å². The number of methoxy groups -OCH3 is 3. The first kappa shape index (κ1) is 20.5. The Kier molecular flexibility index (Phi) is 5.12. The Labute approximate surface area is 186 Å². The van der Waals surface area contributed by atoms with Gasteiger partial charge in [-0.25, -0.2) is 0 Å². The van der Waals surface area contributed by atoms with Gasteiger partial charge in [0.25, 0.3) is 0 Å². The average molecular weight is 438 g/mol. The molecule has 0 amide bonds. The number of cyclic esters (lactones) is 1. The Morgan fingerprint density at radius 1 is 0.969 bits per heavy atom. The summed E-state index contributed by atoms with van der Waals surface area (Å²) in [5.41, 5.74) is 3.12. The number of ether oxygens (including phenoxy) is 6. The minimum Gasteiger partial charge on any atom is -0.493 e. The Balaban J connectivity index is 1.74. The Morgan fingerprint density at radius 2 is 1.62 bits per heavy atom. The molecule has 5 rings (SSSR count). The van der Waals surface area contributed by atoms with Gasteiger partial charge in [0.15, 0.2) is 23.0 Å². The molecule has 2 aromatic carbocycles. The van der Waals surface area contributed by atoms with Crippen LogP contribution < -0.4 is 23.7 Å². The first-order valence-corrected chi connectivity index (χ1v) is 10.6. The zero-order valence-corrected chi connectivity index (χ0v) is 18.4. The molecule has 2 aliphatic heterocycles. The summed E-state index contributed by atoms with van der Waals surface area (Å²) in [5.74, 6) is 2.45. The van der Waals surface area contributed by atoms with Crippen LogP contribution in [0.3, 0.4) is 0 Å². The van der Waals surface area contributed by atoms with Crippen molar-refractivity contribution in [2.75, 3.05) is 34.7 Å². The molecule has 7 heteroatoms. The number of allylic oxidation sites excluding steroid dienone is 1. The maximum absolute atomic E-state index is 12.9. The monoisotopic (exact) mass is 438 g/mol. The van der Waals surface area contributed by atoms with Crippen molar-refractivity contribution in [1.29, 1.82) is 0 Å². The fourth-order valence-electron chi connectivity index (χ4n) is 5.47. The van der Waals surface area contributed by atoms with Crippen LogP contribution in [0, 0.1) is 11.8 Å². The summed E-state index contributed by atoms with van der Waals surface area (Å²) in [4.78, 5) is 12.9. The number of rotatable bonds is 6. The average Bonchev–Trinajstić information content (AvgIpc) is 3.43. The molecule has 0 N–H and O–H groups in total. The highest BCUT2D eigenvalue weighted by Gasteiger charge is 2.52. The molecule has 2 heterocycles. The second-order valence-electron chi connectivity index (χ2n) is 8.22. The van der Waals surface area contributed by atoms with Crippen LogP contribution in [0.15, 0.2) is 36.9 Å². The molecular formula is C25H26O7. The lowest BCUT2D eigenvalue weighted by atomic mass is 9.62. The van der Waals surface area contributed by atoms with E-state index in [1.807, 2.05) is 30.3 Å². The van der Waals surface area contributed by atoms with Crippen LogP contribution >= 0.6 is 0 Å². The second kappa shape index (κ2) is 7.97. The van der Waals surface area contributed by atoms with Gasteiger partial charge in [-0.15, -0.1) is 6.58 Å². The van der Waals surface area contributed by atoms with Crippen LogP contribution in [0.2, 0.25) is 0 Å². The van der Waals surface area contributed by atoms with Gasteiger partial charge in [-0.1, -0.05) is 6.08 Å². The summed E-state index contributed by atoms with van der Waals surface area (Å²) < 4.78 is 33.7. The molecule has 4 unspecified atom stereocenters. The van der Waals surface area contributed by atoms with Gasteiger partial charge >= 0.3 is 5.97 Å². The smallest absolute Gasteiger partial charge is 0.310 e. The lowest BCUT2D eigenvalue weighted by molar-refractivity contribution is -0.141. The molecule has 0 radical (unpaired) electrons. The zero-order valence-electron chi connectivity index (χ0n) is 18.4. The van der Waals surface area contributed by atoms with E-state index >= 15 is 0 Å². The van der Waals surface area contributed by atoms with Crippen molar-refractivity contribution in [3.63, 3.8) is 0 Å².